The third kappa shape index (κ3) is 5.20. The van der Waals surface area contributed by atoms with Crippen LogP contribution in [-0.2, 0) is 11.3 Å². The maximum atomic E-state index is 12.9. The average molecular weight is 452 g/mol. The van der Waals surface area contributed by atoms with Crippen molar-refractivity contribution in [3.8, 4) is 17.3 Å². The number of carbonyl (C=O) groups excluding carboxylic acids is 1. The van der Waals surface area contributed by atoms with Crippen LogP contribution in [0.2, 0.25) is 0 Å². The second-order valence-corrected chi connectivity index (χ2v) is 6.55. The van der Waals surface area contributed by atoms with Crippen LogP contribution in [0.15, 0.2) is 47.4 Å². The number of halogens is 3. The Hall–Kier alpha value is -3.96. The summed E-state index contributed by atoms with van der Waals surface area (Å²) in [6.45, 7) is 3.41. The van der Waals surface area contributed by atoms with E-state index in [0.717, 1.165) is 16.7 Å². The molecule has 0 bridgehead atoms. The number of hydrogen-bond donors (Lipinski definition) is 2. The predicted molar refractivity (Wildman–Crippen MR) is 107 cm³/mol. The van der Waals surface area contributed by atoms with Gasteiger partial charge in [0, 0.05) is 6.20 Å². The Morgan fingerprint density at radius 3 is 2.53 bits per heavy atom. The van der Waals surface area contributed by atoms with Crippen LogP contribution in [0.5, 0.6) is 11.6 Å². The number of nitrogens with one attached hydrogen (secondary N) is 1. The molecule has 1 amide bonds. The van der Waals surface area contributed by atoms with Gasteiger partial charge >= 0.3 is 18.1 Å². The average Bonchev–Trinajstić information content (AvgIpc) is 2.91. The molecule has 32 heavy (non-hydrogen) atoms. The van der Waals surface area contributed by atoms with Crippen LogP contribution >= 0.6 is 0 Å². The first-order valence-electron chi connectivity index (χ1n) is 9.35. The molecule has 0 aliphatic carbocycles. The highest BCUT2D eigenvalue weighted by atomic mass is 19.4. The van der Waals surface area contributed by atoms with E-state index < -0.39 is 23.9 Å². The van der Waals surface area contributed by atoms with E-state index in [2.05, 4.69) is 15.0 Å². The van der Waals surface area contributed by atoms with E-state index in [-0.39, 0.29) is 36.2 Å². The number of nitrogens with zero attached hydrogens (tertiary/aromatic N) is 3. The van der Waals surface area contributed by atoms with Gasteiger partial charge in [-0.3, -0.25) is 9.88 Å². The molecule has 0 unspecified atom stereocenters. The molecule has 0 saturated heterocycles. The third-order valence-corrected chi connectivity index (χ3v) is 4.36. The van der Waals surface area contributed by atoms with Crippen LogP contribution < -0.4 is 15.7 Å². The molecule has 3 aromatic rings. The van der Waals surface area contributed by atoms with Crippen LogP contribution in [-0.4, -0.2) is 38.3 Å². The van der Waals surface area contributed by atoms with Crippen LogP contribution in [0.3, 0.4) is 0 Å². The molecule has 12 heteroatoms. The number of alkyl halides is 3. The van der Waals surface area contributed by atoms with Crippen LogP contribution in [0.25, 0.3) is 5.69 Å². The van der Waals surface area contributed by atoms with E-state index in [1.807, 2.05) is 0 Å². The van der Waals surface area contributed by atoms with E-state index >= 15 is 0 Å². The Bertz CT molecular complexity index is 1170. The number of benzene rings is 1. The van der Waals surface area contributed by atoms with Crippen LogP contribution in [0, 0.1) is 6.92 Å². The minimum Gasteiger partial charge on any atom is -0.493 e. The van der Waals surface area contributed by atoms with Crippen molar-refractivity contribution in [2.24, 2.45) is 0 Å². The first kappa shape index (κ1) is 22.7. The summed E-state index contributed by atoms with van der Waals surface area (Å²) >= 11 is 0. The molecule has 1 aromatic carbocycles. The summed E-state index contributed by atoms with van der Waals surface area (Å²) < 4.78 is 47.9. The first-order chi connectivity index (χ1) is 15.1. The molecule has 0 atom stereocenters. The lowest BCUT2D eigenvalue weighted by atomic mass is 10.2. The molecule has 170 valence electrons. The van der Waals surface area contributed by atoms with Crippen molar-refractivity contribution in [3.63, 3.8) is 0 Å². The fraction of sp³-hybridized carbons (Fsp3) is 0.250. The lowest BCUT2D eigenvalue weighted by molar-refractivity contribution is -0.274. The van der Waals surface area contributed by atoms with Crippen molar-refractivity contribution >= 4 is 11.9 Å². The molecule has 9 nitrogen and oxygen atoms in total. The van der Waals surface area contributed by atoms with Gasteiger partial charge in [-0.1, -0.05) is 0 Å². The van der Waals surface area contributed by atoms with Gasteiger partial charge in [-0.2, -0.15) is 0 Å². The largest absolute Gasteiger partial charge is 0.573 e. The fourth-order valence-corrected chi connectivity index (χ4v) is 2.95. The van der Waals surface area contributed by atoms with Gasteiger partial charge in [0.2, 0.25) is 5.88 Å². The fourth-order valence-electron chi connectivity index (χ4n) is 2.95. The number of imidazole rings is 1. The predicted octanol–water partition coefficient (Wildman–Crippen LogP) is 3.56. The lowest BCUT2D eigenvalue weighted by Gasteiger charge is -2.09. The highest BCUT2D eigenvalue weighted by molar-refractivity contribution is 5.83. The van der Waals surface area contributed by atoms with Gasteiger partial charge in [-0.15, -0.1) is 13.2 Å². The Morgan fingerprint density at radius 1 is 1.22 bits per heavy atom. The number of ether oxygens (including phenoxy) is 2. The number of pyridine rings is 1. The zero-order valence-corrected chi connectivity index (χ0v) is 17.0. The Labute approximate surface area is 179 Å². The van der Waals surface area contributed by atoms with Crippen molar-refractivity contribution in [3.05, 3.63) is 64.3 Å². The lowest BCUT2D eigenvalue weighted by Crippen LogP contribution is -2.24. The summed E-state index contributed by atoms with van der Waals surface area (Å²) in [5, 5.41) is 12.9. The summed E-state index contributed by atoms with van der Waals surface area (Å²) in [4.78, 5) is 28.5. The Kier molecular flexibility index (Phi) is 6.42. The minimum absolute atomic E-state index is 0.0422. The molecule has 2 aromatic heterocycles. The minimum atomic E-state index is -4.84. The second kappa shape index (κ2) is 9.04. The van der Waals surface area contributed by atoms with Crippen molar-refractivity contribution in [2.45, 2.75) is 26.8 Å². The van der Waals surface area contributed by atoms with Crippen molar-refractivity contribution < 1.29 is 32.5 Å². The Morgan fingerprint density at radius 2 is 1.91 bits per heavy atom. The summed E-state index contributed by atoms with van der Waals surface area (Å²) in [5.41, 5.74) is 0.384. The van der Waals surface area contributed by atoms with Crippen molar-refractivity contribution in [2.75, 3.05) is 11.9 Å². The van der Waals surface area contributed by atoms with Gasteiger partial charge in [-0.05, 0) is 55.8 Å². The van der Waals surface area contributed by atoms with E-state index in [1.54, 1.807) is 19.1 Å². The van der Waals surface area contributed by atoms with Gasteiger partial charge in [0.1, 0.15) is 11.6 Å². The SMILES string of the molecule is CCOC(=O)Nc1cc(Cn2c(C)c(O)n(-c3ccc(OC(F)(F)F)cc3)c2=O)ccn1. The van der Waals surface area contributed by atoms with Gasteiger partial charge in [-0.25, -0.2) is 19.1 Å². The number of hydrogen-bond acceptors (Lipinski definition) is 6. The van der Waals surface area contributed by atoms with Gasteiger partial charge in [0.15, 0.2) is 0 Å². The van der Waals surface area contributed by atoms with E-state index in [4.69, 9.17) is 4.74 Å². The van der Waals surface area contributed by atoms with E-state index in [9.17, 15) is 27.9 Å². The van der Waals surface area contributed by atoms with Gasteiger partial charge in [0.05, 0.1) is 24.5 Å². The van der Waals surface area contributed by atoms with Crippen LogP contribution in [0.4, 0.5) is 23.8 Å². The standard InChI is InChI=1S/C20H19F3N4O5/c1-3-31-18(29)25-16-10-13(8-9-24-16)11-26-12(2)17(28)27(19(26)30)14-4-6-15(7-5-14)32-20(21,22)23/h4-10,28H,3,11H2,1-2H3,(H,24,25,29). The molecule has 3 rings (SSSR count). The molecule has 2 N–H and O–H groups in total. The molecule has 0 fully saturated rings. The zero-order chi connectivity index (χ0) is 23.5. The quantitative estimate of drug-likeness (QED) is 0.592. The topological polar surface area (TPSA) is 108 Å². The maximum absolute atomic E-state index is 12.9. The molecule has 0 spiro atoms. The van der Waals surface area contributed by atoms with Crippen LogP contribution in [0.1, 0.15) is 18.2 Å². The van der Waals surface area contributed by atoms with E-state index in [0.29, 0.717) is 5.56 Å². The molecule has 2 heterocycles. The highest BCUT2D eigenvalue weighted by Gasteiger charge is 2.31. The number of aromatic nitrogens is 3. The van der Waals surface area contributed by atoms with Gasteiger partial charge in [0.25, 0.3) is 0 Å². The third-order valence-electron chi connectivity index (χ3n) is 4.36. The molecule has 0 radical (unpaired) electrons. The monoisotopic (exact) mass is 452 g/mol. The van der Waals surface area contributed by atoms with Crippen molar-refractivity contribution in [1.82, 2.24) is 14.1 Å². The number of amides is 1. The molecule has 0 saturated carbocycles. The second-order valence-electron chi connectivity index (χ2n) is 6.55. The molecular weight excluding hydrogens is 433 g/mol. The van der Waals surface area contributed by atoms with E-state index in [1.165, 1.54) is 29.8 Å². The normalized spacial score (nSPS) is 11.3. The number of rotatable bonds is 6. The summed E-state index contributed by atoms with van der Waals surface area (Å²) in [5.74, 6) is -0.600. The number of carbonyl (C=O) groups is 1. The zero-order valence-electron chi connectivity index (χ0n) is 17.0. The highest BCUT2D eigenvalue weighted by Crippen LogP contribution is 2.26. The number of anilines is 1. The first-order valence-corrected chi connectivity index (χ1v) is 9.35. The maximum Gasteiger partial charge on any atom is 0.573 e. The molecule has 0 aliphatic rings. The Balaban J connectivity index is 1.87. The number of aromatic hydroxyl groups is 1. The summed E-state index contributed by atoms with van der Waals surface area (Å²) in [7, 11) is 0. The van der Waals surface area contributed by atoms with Crippen molar-refractivity contribution in [1.29, 1.82) is 0 Å². The smallest absolute Gasteiger partial charge is 0.493 e. The summed E-state index contributed by atoms with van der Waals surface area (Å²) in [6, 6.07) is 7.69. The molecule has 0 aliphatic heterocycles. The summed E-state index contributed by atoms with van der Waals surface area (Å²) in [6.07, 6.45) is -4.08. The molecular formula is C20H19F3N4O5. The van der Waals surface area contributed by atoms with Gasteiger partial charge < -0.3 is 14.6 Å².